The number of hydrogen-bond acceptors (Lipinski definition) is 12. The number of β-amino-alcohol motifs (C(OH)–C–C–N with tert-alkyl or cyclic N) is 2. The molecule has 0 amide bonds. The molecule has 0 radical (unpaired) electrons. The van der Waals surface area contributed by atoms with Crippen LogP contribution in [0.15, 0.2) is 64.6 Å². The van der Waals surface area contributed by atoms with Crippen molar-refractivity contribution in [3.8, 4) is 11.3 Å². The highest BCUT2D eigenvalue weighted by Gasteiger charge is 2.26. The summed E-state index contributed by atoms with van der Waals surface area (Å²) in [5.74, 6) is 1.20. The van der Waals surface area contributed by atoms with Crippen molar-refractivity contribution in [2.75, 3.05) is 54.3 Å². The van der Waals surface area contributed by atoms with Crippen molar-refractivity contribution in [2.45, 2.75) is 42.8 Å². The van der Waals surface area contributed by atoms with E-state index in [2.05, 4.69) is 25.6 Å². The van der Waals surface area contributed by atoms with Gasteiger partial charge in [0.1, 0.15) is 6.67 Å². The number of nitrogens with zero attached hydrogens (tertiary/aromatic N) is 6. The second-order valence-electron chi connectivity index (χ2n) is 11.0. The predicted octanol–water partition coefficient (Wildman–Crippen LogP) is 2.35. The number of aliphatic hydroxyl groups is 2. The average Bonchev–Trinajstić information content (AvgIpc) is 3.48. The number of likely N-dealkylation sites (tertiary alicyclic amines) is 1. The minimum absolute atomic E-state index is 0.242. The van der Waals surface area contributed by atoms with Crippen LogP contribution in [-0.4, -0.2) is 90.8 Å². The summed E-state index contributed by atoms with van der Waals surface area (Å²) in [4.78, 5) is 17.9. The van der Waals surface area contributed by atoms with Gasteiger partial charge in [0.15, 0.2) is 9.84 Å². The van der Waals surface area contributed by atoms with Crippen LogP contribution >= 0.6 is 0 Å². The normalized spacial score (nSPS) is 21.2. The van der Waals surface area contributed by atoms with Crippen molar-refractivity contribution in [2.24, 2.45) is 4.99 Å². The van der Waals surface area contributed by atoms with Crippen LogP contribution in [-0.2, 0) is 9.84 Å². The molecule has 42 heavy (non-hydrogen) atoms. The van der Waals surface area contributed by atoms with E-state index in [1.807, 2.05) is 40.2 Å². The van der Waals surface area contributed by atoms with E-state index in [1.165, 1.54) is 6.26 Å². The largest absolute Gasteiger partial charge is 0.391 e. The van der Waals surface area contributed by atoms with Gasteiger partial charge < -0.3 is 25.3 Å². The van der Waals surface area contributed by atoms with E-state index in [0.717, 1.165) is 48.7 Å². The fourth-order valence-electron chi connectivity index (χ4n) is 5.64. The minimum Gasteiger partial charge on any atom is -0.391 e. The number of guanidine groups is 1. The lowest BCUT2D eigenvalue weighted by Gasteiger charge is -2.33. The van der Waals surface area contributed by atoms with Crippen molar-refractivity contribution in [1.29, 1.82) is 0 Å². The summed E-state index contributed by atoms with van der Waals surface area (Å²) in [5, 5.41) is 25.4. The standard InChI is InChI=1S/C29H36N8O4S/c1-42(40,41)27-11-6-20(16-26(27)35-14-2-4-23(38)17-35)25-12-13-30-28(33-25)32-21-7-9-22(10-8-21)37-19-31-29(34-37)36-15-3-5-24(39)18-36/h6-13,16,23-24,38-39H,2-5,14-15,17-19H2,1H3,(H,31,34)(H,30,32,33). The highest BCUT2D eigenvalue weighted by atomic mass is 32.2. The Morgan fingerprint density at radius 3 is 2.38 bits per heavy atom. The number of piperidine rings is 2. The predicted molar refractivity (Wildman–Crippen MR) is 162 cm³/mol. The van der Waals surface area contributed by atoms with E-state index in [-0.39, 0.29) is 11.0 Å². The molecular formula is C29H36N8O4S. The van der Waals surface area contributed by atoms with Crippen molar-refractivity contribution < 1.29 is 18.6 Å². The fourth-order valence-corrected chi connectivity index (χ4v) is 6.52. The fraction of sp³-hybridized carbons (Fsp3) is 0.414. The van der Waals surface area contributed by atoms with Crippen LogP contribution in [0.3, 0.4) is 0 Å². The first-order valence-electron chi connectivity index (χ1n) is 14.2. The highest BCUT2D eigenvalue weighted by molar-refractivity contribution is 7.90. The number of benzene rings is 2. The average molecular weight is 593 g/mol. The summed E-state index contributed by atoms with van der Waals surface area (Å²) in [7, 11) is -3.47. The zero-order valence-electron chi connectivity index (χ0n) is 23.5. The molecule has 12 nitrogen and oxygen atoms in total. The van der Waals surface area contributed by atoms with Crippen LogP contribution in [0.1, 0.15) is 25.7 Å². The second-order valence-corrected chi connectivity index (χ2v) is 13.0. The van der Waals surface area contributed by atoms with Crippen LogP contribution in [0.25, 0.3) is 11.3 Å². The molecule has 2 saturated heterocycles. The van der Waals surface area contributed by atoms with Crippen molar-refractivity contribution >= 4 is 38.8 Å². The van der Waals surface area contributed by atoms with Gasteiger partial charge in [0, 0.05) is 49.9 Å². The number of hydrogen-bond donors (Lipinski definition) is 4. The van der Waals surface area contributed by atoms with Gasteiger partial charge in [-0.1, -0.05) is 6.07 Å². The van der Waals surface area contributed by atoms with Gasteiger partial charge in [0.25, 0.3) is 0 Å². The Morgan fingerprint density at radius 2 is 1.67 bits per heavy atom. The molecule has 6 rings (SSSR count). The first kappa shape index (κ1) is 28.2. The number of aromatic nitrogens is 2. The van der Waals surface area contributed by atoms with Crippen LogP contribution in [0.2, 0.25) is 0 Å². The lowest BCUT2D eigenvalue weighted by atomic mass is 10.1. The summed E-state index contributed by atoms with van der Waals surface area (Å²) in [6, 6.07) is 14.8. The highest BCUT2D eigenvalue weighted by Crippen LogP contribution is 2.33. The maximum atomic E-state index is 12.5. The summed E-state index contributed by atoms with van der Waals surface area (Å²) in [6.45, 7) is 3.02. The molecule has 2 unspecified atom stereocenters. The van der Waals surface area contributed by atoms with Gasteiger partial charge in [0.2, 0.25) is 11.9 Å². The van der Waals surface area contributed by atoms with Crippen LogP contribution in [0.5, 0.6) is 0 Å². The topological polar surface area (TPSA) is 147 Å². The van der Waals surface area contributed by atoms with E-state index in [4.69, 9.17) is 4.98 Å². The van der Waals surface area contributed by atoms with Gasteiger partial charge in [0.05, 0.1) is 34.2 Å². The SMILES string of the molecule is CS(=O)(=O)c1ccc(-c2ccnc(Nc3ccc(N4CN=C(N5CCCC(O)C5)N4)cc3)n2)cc1N1CCCC(O)C1. The smallest absolute Gasteiger partial charge is 0.227 e. The molecule has 4 N–H and O–H groups in total. The van der Waals surface area contributed by atoms with Gasteiger partial charge >= 0.3 is 0 Å². The number of hydrazine groups is 1. The Morgan fingerprint density at radius 1 is 0.952 bits per heavy atom. The number of aliphatic imine (C=N–C) groups is 1. The first-order valence-corrected chi connectivity index (χ1v) is 16.1. The Labute approximate surface area is 245 Å². The summed E-state index contributed by atoms with van der Waals surface area (Å²) < 4.78 is 25.1. The maximum Gasteiger partial charge on any atom is 0.227 e. The molecule has 2 fully saturated rings. The third-order valence-electron chi connectivity index (χ3n) is 7.77. The van der Waals surface area contributed by atoms with E-state index >= 15 is 0 Å². The summed E-state index contributed by atoms with van der Waals surface area (Å²) >= 11 is 0. The van der Waals surface area contributed by atoms with Gasteiger partial charge in [-0.2, -0.15) is 0 Å². The Bertz CT molecular complexity index is 1570. The number of nitrogens with one attached hydrogen (secondary N) is 2. The number of sulfone groups is 1. The van der Waals surface area contributed by atoms with Crippen molar-refractivity contribution in [3.63, 3.8) is 0 Å². The summed E-state index contributed by atoms with van der Waals surface area (Å²) in [5.41, 5.74) is 7.09. The Hall–Kier alpha value is -3.94. The molecule has 13 heteroatoms. The van der Waals surface area contributed by atoms with Crippen molar-refractivity contribution in [3.05, 3.63) is 54.7 Å². The lowest BCUT2D eigenvalue weighted by molar-refractivity contribution is 0.102. The molecule has 0 bridgehead atoms. The zero-order valence-corrected chi connectivity index (χ0v) is 24.3. The Balaban J connectivity index is 1.16. The molecule has 4 heterocycles. The molecule has 1 aromatic heterocycles. The molecule has 3 aliphatic rings. The van der Waals surface area contributed by atoms with Crippen molar-refractivity contribution in [1.82, 2.24) is 20.3 Å². The second kappa shape index (κ2) is 11.7. The van der Waals surface area contributed by atoms with Crippen LogP contribution in [0, 0.1) is 0 Å². The molecule has 0 saturated carbocycles. The Kier molecular flexibility index (Phi) is 7.88. The lowest BCUT2D eigenvalue weighted by Crippen LogP contribution is -2.49. The molecule has 3 aliphatic heterocycles. The molecular weight excluding hydrogens is 556 g/mol. The van der Waals surface area contributed by atoms with Crippen LogP contribution in [0.4, 0.5) is 23.0 Å². The van der Waals surface area contributed by atoms with Gasteiger partial charge in [-0.15, -0.1) is 0 Å². The molecule has 222 valence electrons. The number of aliphatic hydroxyl groups excluding tert-OH is 2. The van der Waals surface area contributed by atoms with Gasteiger partial charge in [-0.3, -0.25) is 10.4 Å². The van der Waals surface area contributed by atoms with Gasteiger partial charge in [-0.05, 0) is 68.1 Å². The third-order valence-corrected chi connectivity index (χ3v) is 8.92. The van der Waals surface area contributed by atoms with E-state index in [0.29, 0.717) is 50.1 Å². The monoisotopic (exact) mass is 592 g/mol. The molecule has 2 atom stereocenters. The van der Waals surface area contributed by atoms with Crippen LogP contribution < -0.4 is 20.7 Å². The van der Waals surface area contributed by atoms with Gasteiger partial charge in [-0.25, -0.2) is 23.4 Å². The zero-order chi connectivity index (χ0) is 29.3. The quantitative estimate of drug-likeness (QED) is 0.335. The molecule has 2 aromatic carbocycles. The van der Waals surface area contributed by atoms with E-state index < -0.39 is 15.9 Å². The maximum absolute atomic E-state index is 12.5. The number of rotatable bonds is 6. The summed E-state index contributed by atoms with van der Waals surface area (Å²) in [6.07, 6.45) is 5.33. The number of anilines is 4. The molecule has 0 spiro atoms. The molecule has 3 aromatic rings. The van der Waals surface area contributed by atoms with E-state index in [1.54, 1.807) is 24.4 Å². The third kappa shape index (κ3) is 6.27. The minimum atomic E-state index is -3.47. The molecule has 0 aliphatic carbocycles. The first-order chi connectivity index (χ1) is 20.2. The van der Waals surface area contributed by atoms with E-state index in [9.17, 15) is 18.6 Å².